The smallest absolute Gasteiger partial charge is 0.262 e. The van der Waals surface area contributed by atoms with Crippen LogP contribution in [0, 0.1) is 11.3 Å². The van der Waals surface area contributed by atoms with Gasteiger partial charge in [0, 0.05) is 31.8 Å². The highest BCUT2D eigenvalue weighted by molar-refractivity contribution is 6.01. The summed E-state index contributed by atoms with van der Waals surface area (Å²) >= 11 is 0. The number of hydrogen-bond donors (Lipinski definition) is 1. The molecule has 5 nitrogen and oxygen atoms in total. The first-order chi connectivity index (χ1) is 12.3. The zero-order valence-electron chi connectivity index (χ0n) is 14.1. The molecule has 1 aliphatic heterocycles. The Balaban J connectivity index is 1.64. The number of carbonyl (C=O) groups excluding carboxylic acids is 1. The van der Waals surface area contributed by atoms with Crippen molar-refractivity contribution in [3.05, 3.63) is 59.4 Å². The molecule has 1 fully saturated rings. The molecular weight excluding hydrogens is 314 g/mol. The Kier molecular flexibility index (Phi) is 5.53. The minimum absolute atomic E-state index is 0.0375. The molecule has 1 aromatic carbocycles. The average Bonchev–Trinajstić information content (AvgIpc) is 3.14. The molecule has 1 amide bonds. The van der Waals surface area contributed by atoms with Gasteiger partial charge >= 0.3 is 0 Å². The Morgan fingerprint density at radius 3 is 2.64 bits per heavy atom. The van der Waals surface area contributed by atoms with E-state index in [1.807, 2.05) is 42.5 Å². The number of amides is 1. The van der Waals surface area contributed by atoms with Crippen molar-refractivity contribution >= 4 is 17.9 Å². The Labute approximate surface area is 147 Å². The minimum atomic E-state index is -0.401. The molecule has 1 saturated heterocycles. The minimum Gasteiger partial charge on any atom is -0.441 e. The van der Waals surface area contributed by atoms with E-state index in [2.05, 4.69) is 10.2 Å². The first kappa shape index (κ1) is 16.8. The summed E-state index contributed by atoms with van der Waals surface area (Å²) < 4.78 is 5.79. The quantitative estimate of drug-likeness (QED) is 0.671. The molecule has 0 atom stereocenters. The molecule has 1 N–H and O–H groups in total. The van der Waals surface area contributed by atoms with Crippen LogP contribution in [0.15, 0.2) is 52.5 Å². The number of hydrogen-bond acceptors (Lipinski definition) is 4. The number of nitrogens with one attached hydrogen (secondary N) is 1. The Hall–Kier alpha value is -3.00. The molecule has 0 unspecified atom stereocenters. The highest BCUT2D eigenvalue weighted by Gasteiger charge is 2.15. The lowest BCUT2D eigenvalue weighted by Crippen LogP contribution is -2.28. The number of benzene rings is 1. The second kappa shape index (κ2) is 8.20. The highest BCUT2D eigenvalue weighted by Crippen LogP contribution is 2.23. The molecule has 3 rings (SSSR count). The number of carbonyl (C=O) groups is 1. The first-order valence-electron chi connectivity index (χ1n) is 8.55. The summed E-state index contributed by atoms with van der Waals surface area (Å²) in [4.78, 5) is 14.4. The Morgan fingerprint density at radius 1 is 1.16 bits per heavy atom. The van der Waals surface area contributed by atoms with Gasteiger partial charge in [-0.05, 0) is 30.9 Å². The van der Waals surface area contributed by atoms with E-state index in [1.165, 1.54) is 12.5 Å². The van der Waals surface area contributed by atoms with Gasteiger partial charge in [0.15, 0.2) is 5.88 Å². The zero-order valence-corrected chi connectivity index (χ0v) is 14.1. The summed E-state index contributed by atoms with van der Waals surface area (Å²) in [5.41, 5.74) is 1.02. The molecular formula is C20H21N3O2. The SMILES string of the molecule is N#C/C(=C\c1ccc(N2CCCCC2)o1)C(=O)NCc1ccccc1. The van der Waals surface area contributed by atoms with Crippen molar-refractivity contribution in [2.75, 3.05) is 18.0 Å². The largest absolute Gasteiger partial charge is 0.441 e. The molecule has 25 heavy (non-hydrogen) atoms. The molecule has 0 spiro atoms. The maximum absolute atomic E-state index is 12.2. The summed E-state index contributed by atoms with van der Waals surface area (Å²) in [5.74, 6) is 0.919. The van der Waals surface area contributed by atoms with E-state index < -0.39 is 5.91 Å². The molecule has 2 aromatic rings. The Morgan fingerprint density at radius 2 is 1.92 bits per heavy atom. The average molecular weight is 335 g/mol. The van der Waals surface area contributed by atoms with Crippen molar-refractivity contribution in [2.24, 2.45) is 0 Å². The maximum Gasteiger partial charge on any atom is 0.262 e. The summed E-state index contributed by atoms with van der Waals surface area (Å²) in [6, 6.07) is 15.2. The summed E-state index contributed by atoms with van der Waals surface area (Å²) in [6.45, 7) is 2.36. The van der Waals surface area contributed by atoms with Crippen molar-refractivity contribution in [3.63, 3.8) is 0 Å². The van der Waals surface area contributed by atoms with Crippen LogP contribution >= 0.6 is 0 Å². The van der Waals surface area contributed by atoms with Crippen LogP contribution in [0.25, 0.3) is 6.08 Å². The van der Waals surface area contributed by atoms with Gasteiger partial charge in [-0.1, -0.05) is 30.3 Å². The fraction of sp³-hybridized carbons (Fsp3) is 0.300. The van der Waals surface area contributed by atoms with Crippen LogP contribution in [-0.4, -0.2) is 19.0 Å². The van der Waals surface area contributed by atoms with Gasteiger partial charge in [0.1, 0.15) is 17.4 Å². The monoisotopic (exact) mass is 335 g/mol. The lowest BCUT2D eigenvalue weighted by atomic mass is 10.1. The van der Waals surface area contributed by atoms with Gasteiger partial charge in [0.2, 0.25) is 0 Å². The second-order valence-electron chi connectivity index (χ2n) is 6.06. The fourth-order valence-corrected chi connectivity index (χ4v) is 2.87. The fourth-order valence-electron chi connectivity index (χ4n) is 2.87. The first-order valence-corrected chi connectivity index (χ1v) is 8.55. The molecule has 0 bridgehead atoms. The van der Waals surface area contributed by atoms with Crippen molar-refractivity contribution in [2.45, 2.75) is 25.8 Å². The number of anilines is 1. The highest BCUT2D eigenvalue weighted by atomic mass is 16.4. The third kappa shape index (κ3) is 4.51. The lowest BCUT2D eigenvalue weighted by molar-refractivity contribution is -0.117. The van der Waals surface area contributed by atoms with Gasteiger partial charge in [-0.25, -0.2) is 0 Å². The number of rotatable bonds is 5. The Bertz CT molecular complexity index is 781. The van der Waals surface area contributed by atoms with Crippen LogP contribution in [0.5, 0.6) is 0 Å². The normalized spacial score (nSPS) is 14.8. The van der Waals surface area contributed by atoms with E-state index in [4.69, 9.17) is 4.42 Å². The van der Waals surface area contributed by atoms with Gasteiger partial charge in [-0.3, -0.25) is 4.79 Å². The number of piperidine rings is 1. The molecule has 1 aromatic heterocycles. The third-order valence-corrected chi connectivity index (χ3v) is 4.23. The van der Waals surface area contributed by atoms with E-state index in [-0.39, 0.29) is 5.57 Å². The summed E-state index contributed by atoms with van der Waals surface area (Å²) in [5, 5.41) is 12.0. The van der Waals surface area contributed by atoms with Crippen LogP contribution in [0.2, 0.25) is 0 Å². The van der Waals surface area contributed by atoms with Gasteiger partial charge < -0.3 is 14.6 Å². The van der Waals surface area contributed by atoms with E-state index in [0.29, 0.717) is 12.3 Å². The van der Waals surface area contributed by atoms with E-state index in [1.54, 1.807) is 6.07 Å². The molecule has 1 aliphatic rings. The van der Waals surface area contributed by atoms with Gasteiger partial charge in [-0.2, -0.15) is 5.26 Å². The predicted molar refractivity (Wildman–Crippen MR) is 96.7 cm³/mol. The van der Waals surface area contributed by atoms with Crippen molar-refractivity contribution in [1.82, 2.24) is 5.32 Å². The topological polar surface area (TPSA) is 69.3 Å². The van der Waals surface area contributed by atoms with Crippen LogP contribution in [0.1, 0.15) is 30.6 Å². The summed E-state index contributed by atoms with van der Waals surface area (Å²) in [6.07, 6.45) is 5.08. The number of furan rings is 1. The predicted octanol–water partition coefficient (Wildman–Crippen LogP) is 3.49. The van der Waals surface area contributed by atoms with Crippen molar-refractivity contribution < 1.29 is 9.21 Å². The third-order valence-electron chi connectivity index (χ3n) is 4.23. The van der Waals surface area contributed by atoms with Gasteiger partial charge in [0.05, 0.1) is 0 Å². The van der Waals surface area contributed by atoms with E-state index >= 15 is 0 Å². The van der Waals surface area contributed by atoms with Gasteiger partial charge in [-0.15, -0.1) is 0 Å². The molecule has 2 heterocycles. The molecule has 0 aliphatic carbocycles. The van der Waals surface area contributed by atoms with Crippen LogP contribution in [0.3, 0.4) is 0 Å². The van der Waals surface area contributed by atoms with Crippen molar-refractivity contribution in [1.29, 1.82) is 5.26 Å². The van der Waals surface area contributed by atoms with E-state index in [9.17, 15) is 10.1 Å². The molecule has 0 saturated carbocycles. The standard InChI is InChI=1S/C20H21N3O2/c21-14-17(20(24)22-15-16-7-3-1-4-8-16)13-18-9-10-19(25-18)23-11-5-2-6-12-23/h1,3-4,7-10,13H,2,5-6,11-12,15H2,(H,22,24)/b17-13+. The van der Waals surface area contributed by atoms with Crippen LogP contribution in [0.4, 0.5) is 5.88 Å². The molecule has 0 radical (unpaired) electrons. The number of nitriles is 1. The van der Waals surface area contributed by atoms with E-state index in [0.717, 1.165) is 37.4 Å². The molecule has 5 heteroatoms. The second-order valence-corrected chi connectivity index (χ2v) is 6.06. The summed E-state index contributed by atoms with van der Waals surface area (Å²) in [7, 11) is 0. The van der Waals surface area contributed by atoms with Gasteiger partial charge in [0.25, 0.3) is 5.91 Å². The maximum atomic E-state index is 12.2. The van der Waals surface area contributed by atoms with Crippen LogP contribution in [-0.2, 0) is 11.3 Å². The lowest BCUT2D eigenvalue weighted by Gasteiger charge is -2.25. The molecule has 128 valence electrons. The number of nitrogens with zero attached hydrogens (tertiary/aromatic N) is 2. The zero-order chi connectivity index (χ0) is 17.5. The van der Waals surface area contributed by atoms with Crippen molar-refractivity contribution in [3.8, 4) is 6.07 Å². The van der Waals surface area contributed by atoms with Crippen LogP contribution < -0.4 is 10.2 Å².